The molecule has 0 spiro atoms. The Balaban J connectivity index is 3.12. The Kier molecular flexibility index (Phi) is 7.19. The molecule has 0 aliphatic rings. The van der Waals surface area contributed by atoms with Gasteiger partial charge in [0, 0.05) is 6.54 Å². The maximum Gasteiger partial charge on any atom is 0.313 e. The zero-order chi connectivity index (χ0) is 17.6. The van der Waals surface area contributed by atoms with E-state index in [0.29, 0.717) is 12.1 Å². The van der Waals surface area contributed by atoms with E-state index in [2.05, 4.69) is 5.32 Å². The molecule has 1 aromatic rings. The minimum absolute atomic E-state index is 0.130. The van der Waals surface area contributed by atoms with Gasteiger partial charge in [-0.05, 0) is 24.7 Å². The lowest BCUT2D eigenvalue weighted by Gasteiger charge is -2.16. The lowest BCUT2D eigenvalue weighted by atomic mass is 10.1. The standard InChI is InChI=1S/C17H25NO5/c1-10(2)16(20)22-14-7-6-12(13(19)9-18-5)8-15(14)23-17(21)11(3)4/h6-8,10-11,13,18-19H,9H2,1-5H3. The Hall–Kier alpha value is -1.92. The quantitative estimate of drug-likeness (QED) is 0.590. The fourth-order valence-corrected chi connectivity index (χ4v) is 1.66. The van der Waals surface area contributed by atoms with Crippen molar-refractivity contribution in [3.8, 4) is 11.5 Å². The van der Waals surface area contributed by atoms with Crippen molar-refractivity contribution < 1.29 is 24.2 Å². The minimum Gasteiger partial charge on any atom is -0.422 e. The average Bonchev–Trinajstić information content (AvgIpc) is 2.48. The van der Waals surface area contributed by atoms with Gasteiger partial charge in [0.1, 0.15) is 0 Å². The second-order valence-electron chi connectivity index (χ2n) is 5.93. The van der Waals surface area contributed by atoms with E-state index in [0.717, 1.165) is 0 Å². The van der Waals surface area contributed by atoms with Gasteiger partial charge in [0.25, 0.3) is 0 Å². The van der Waals surface area contributed by atoms with Crippen LogP contribution in [0, 0.1) is 11.8 Å². The molecular formula is C17H25NO5. The highest BCUT2D eigenvalue weighted by Gasteiger charge is 2.19. The summed E-state index contributed by atoms with van der Waals surface area (Å²) in [6, 6.07) is 4.68. The van der Waals surface area contributed by atoms with Gasteiger partial charge in [-0.2, -0.15) is 0 Å². The van der Waals surface area contributed by atoms with Gasteiger partial charge in [0.05, 0.1) is 17.9 Å². The number of benzene rings is 1. The van der Waals surface area contributed by atoms with Crippen molar-refractivity contribution in [1.82, 2.24) is 5.32 Å². The Bertz CT molecular complexity index is 554. The summed E-state index contributed by atoms with van der Waals surface area (Å²) < 4.78 is 10.6. The van der Waals surface area contributed by atoms with Gasteiger partial charge in [0.15, 0.2) is 11.5 Å². The Morgan fingerprint density at radius 2 is 1.57 bits per heavy atom. The first kappa shape index (κ1) is 19.1. The molecule has 0 aliphatic carbocycles. The van der Waals surface area contributed by atoms with Gasteiger partial charge in [-0.3, -0.25) is 9.59 Å². The van der Waals surface area contributed by atoms with Crippen LogP contribution in [0.25, 0.3) is 0 Å². The lowest BCUT2D eigenvalue weighted by Crippen LogP contribution is -2.19. The molecule has 0 saturated heterocycles. The highest BCUT2D eigenvalue weighted by atomic mass is 16.6. The van der Waals surface area contributed by atoms with Crippen LogP contribution in [0.15, 0.2) is 18.2 Å². The molecule has 0 fully saturated rings. The predicted molar refractivity (Wildman–Crippen MR) is 86.3 cm³/mol. The number of rotatable bonds is 7. The van der Waals surface area contributed by atoms with Crippen molar-refractivity contribution in [2.75, 3.05) is 13.6 Å². The molecule has 0 aliphatic heterocycles. The van der Waals surface area contributed by atoms with Crippen molar-refractivity contribution in [3.05, 3.63) is 23.8 Å². The van der Waals surface area contributed by atoms with E-state index in [9.17, 15) is 14.7 Å². The molecule has 0 radical (unpaired) electrons. The van der Waals surface area contributed by atoms with Crippen LogP contribution in [0.2, 0.25) is 0 Å². The van der Waals surface area contributed by atoms with Gasteiger partial charge in [-0.15, -0.1) is 0 Å². The number of carbonyl (C=O) groups excluding carboxylic acids is 2. The fourth-order valence-electron chi connectivity index (χ4n) is 1.66. The van der Waals surface area contributed by atoms with Crippen LogP contribution >= 0.6 is 0 Å². The third kappa shape index (κ3) is 5.65. The highest BCUT2D eigenvalue weighted by molar-refractivity contribution is 5.78. The summed E-state index contributed by atoms with van der Waals surface area (Å²) in [4.78, 5) is 23.6. The first-order valence-electron chi connectivity index (χ1n) is 7.66. The number of hydrogen-bond donors (Lipinski definition) is 2. The van der Waals surface area contributed by atoms with E-state index in [4.69, 9.17) is 9.47 Å². The van der Waals surface area contributed by atoms with Gasteiger partial charge in [-0.1, -0.05) is 33.8 Å². The summed E-state index contributed by atoms with van der Waals surface area (Å²) in [5.41, 5.74) is 0.565. The van der Waals surface area contributed by atoms with Crippen LogP contribution in [-0.4, -0.2) is 30.6 Å². The molecule has 0 aromatic heterocycles. The van der Waals surface area contributed by atoms with Crippen LogP contribution in [0.1, 0.15) is 39.4 Å². The van der Waals surface area contributed by atoms with Crippen molar-refractivity contribution in [2.45, 2.75) is 33.8 Å². The smallest absolute Gasteiger partial charge is 0.313 e. The fraction of sp³-hybridized carbons (Fsp3) is 0.529. The largest absolute Gasteiger partial charge is 0.422 e. The molecular weight excluding hydrogens is 298 g/mol. The highest BCUT2D eigenvalue weighted by Crippen LogP contribution is 2.32. The summed E-state index contributed by atoms with van der Waals surface area (Å²) in [7, 11) is 1.72. The monoisotopic (exact) mass is 323 g/mol. The molecule has 0 heterocycles. The molecule has 0 bridgehead atoms. The SMILES string of the molecule is CNCC(O)c1ccc(OC(=O)C(C)C)c(OC(=O)C(C)C)c1. The first-order valence-corrected chi connectivity index (χ1v) is 7.66. The second kappa shape index (κ2) is 8.64. The lowest BCUT2D eigenvalue weighted by molar-refractivity contribution is -0.140. The molecule has 1 atom stereocenters. The van der Waals surface area contributed by atoms with Gasteiger partial charge in [-0.25, -0.2) is 0 Å². The van der Waals surface area contributed by atoms with Crippen molar-refractivity contribution in [1.29, 1.82) is 0 Å². The maximum atomic E-state index is 11.9. The average molecular weight is 323 g/mol. The summed E-state index contributed by atoms with van der Waals surface area (Å²) in [6.45, 7) is 7.20. The number of nitrogens with one attached hydrogen (secondary N) is 1. The molecule has 2 N–H and O–H groups in total. The number of hydrogen-bond acceptors (Lipinski definition) is 6. The maximum absolute atomic E-state index is 11.9. The van der Waals surface area contributed by atoms with Crippen LogP contribution in [0.5, 0.6) is 11.5 Å². The molecule has 1 aromatic carbocycles. The predicted octanol–water partition coefficient (Wildman–Crippen LogP) is 2.06. The van der Waals surface area contributed by atoms with Crippen LogP contribution < -0.4 is 14.8 Å². The number of aliphatic hydroxyl groups excluding tert-OH is 1. The molecule has 6 heteroatoms. The van der Waals surface area contributed by atoms with Crippen LogP contribution in [0.3, 0.4) is 0 Å². The van der Waals surface area contributed by atoms with E-state index in [1.807, 2.05) is 0 Å². The Morgan fingerprint density at radius 1 is 1.04 bits per heavy atom. The van der Waals surface area contributed by atoms with Gasteiger partial charge < -0.3 is 19.9 Å². The zero-order valence-corrected chi connectivity index (χ0v) is 14.3. The van der Waals surface area contributed by atoms with Crippen LogP contribution in [-0.2, 0) is 9.59 Å². The molecule has 23 heavy (non-hydrogen) atoms. The van der Waals surface area contributed by atoms with Crippen LogP contribution in [0.4, 0.5) is 0 Å². The third-order valence-corrected chi connectivity index (χ3v) is 3.11. The zero-order valence-electron chi connectivity index (χ0n) is 14.3. The summed E-state index contributed by atoms with van der Waals surface area (Å²) in [6.07, 6.45) is -0.758. The van der Waals surface area contributed by atoms with E-state index in [-0.39, 0.29) is 23.3 Å². The number of likely N-dealkylation sites (N-methyl/N-ethyl adjacent to an activating group) is 1. The second-order valence-corrected chi connectivity index (χ2v) is 5.93. The van der Waals surface area contributed by atoms with Crippen molar-refractivity contribution >= 4 is 11.9 Å². The normalized spacial score (nSPS) is 12.3. The summed E-state index contributed by atoms with van der Waals surface area (Å²) in [5, 5.41) is 12.9. The van der Waals surface area contributed by atoms with Crippen molar-refractivity contribution in [2.24, 2.45) is 11.8 Å². The van der Waals surface area contributed by atoms with E-state index < -0.39 is 18.0 Å². The van der Waals surface area contributed by atoms with E-state index >= 15 is 0 Å². The Morgan fingerprint density at radius 3 is 2.04 bits per heavy atom. The molecule has 0 saturated carbocycles. The summed E-state index contributed by atoms with van der Waals surface area (Å²) >= 11 is 0. The summed E-state index contributed by atoms with van der Waals surface area (Å²) in [5.74, 6) is -1.20. The number of carbonyl (C=O) groups is 2. The number of esters is 2. The molecule has 128 valence electrons. The van der Waals surface area contributed by atoms with E-state index in [1.165, 1.54) is 12.1 Å². The number of aliphatic hydroxyl groups is 1. The van der Waals surface area contributed by atoms with Gasteiger partial charge >= 0.3 is 11.9 Å². The minimum atomic E-state index is -0.758. The number of ether oxygens (including phenoxy) is 2. The Labute approximate surface area is 136 Å². The topological polar surface area (TPSA) is 84.9 Å². The van der Waals surface area contributed by atoms with Gasteiger partial charge in [0.2, 0.25) is 0 Å². The molecule has 0 amide bonds. The van der Waals surface area contributed by atoms with Crippen molar-refractivity contribution in [3.63, 3.8) is 0 Å². The third-order valence-electron chi connectivity index (χ3n) is 3.11. The first-order chi connectivity index (χ1) is 10.8. The molecule has 1 rings (SSSR count). The molecule has 6 nitrogen and oxygen atoms in total. The van der Waals surface area contributed by atoms with E-state index in [1.54, 1.807) is 40.8 Å². The molecule has 1 unspecified atom stereocenters.